The lowest BCUT2D eigenvalue weighted by Crippen LogP contribution is -2.34. The number of rotatable bonds is 2. The molecule has 1 aliphatic rings. The average molecular weight is 254 g/mol. The van der Waals surface area contributed by atoms with Crippen molar-refractivity contribution in [2.24, 2.45) is 5.92 Å². The molecule has 0 bridgehead atoms. The van der Waals surface area contributed by atoms with E-state index in [0.717, 1.165) is 6.07 Å². The summed E-state index contributed by atoms with van der Waals surface area (Å²) in [4.78, 5) is 13.4. The molecule has 1 fully saturated rings. The Labute approximate surface area is 105 Å². The average Bonchev–Trinajstić information content (AvgIpc) is 2.57. The molecule has 2 rings (SSSR count). The number of carbonyl (C=O) groups excluding carboxylic acids is 1. The van der Waals surface area contributed by atoms with Crippen molar-refractivity contribution in [1.82, 2.24) is 10.2 Å². The first-order chi connectivity index (χ1) is 8.41. The summed E-state index contributed by atoms with van der Waals surface area (Å²) >= 11 is 0. The molecule has 1 amide bonds. The monoisotopic (exact) mass is 254 g/mol. The van der Waals surface area contributed by atoms with E-state index >= 15 is 0 Å². The maximum Gasteiger partial charge on any atom is 0.241 e. The van der Waals surface area contributed by atoms with E-state index in [4.69, 9.17) is 0 Å². The fourth-order valence-electron chi connectivity index (χ4n) is 2.20. The summed E-state index contributed by atoms with van der Waals surface area (Å²) in [5.74, 6) is -1.22. The normalized spacial score (nSPS) is 24.1. The first-order valence-corrected chi connectivity index (χ1v) is 5.89. The van der Waals surface area contributed by atoms with Crippen LogP contribution in [0.15, 0.2) is 18.2 Å². The molecule has 1 aromatic rings. The molecule has 18 heavy (non-hydrogen) atoms. The minimum atomic E-state index is -0.642. The fraction of sp³-hybridized carbons (Fsp3) is 0.462. The third-order valence-corrected chi connectivity index (χ3v) is 3.26. The summed E-state index contributed by atoms with van der Waals surface area (Å²) in [6.45, 7) is 3.85. The van der Waals surface area contributed by atoms with E-state index in [1.807, 2.05) is 13.8 Å². The van der Waals surface area contributed by atoms with Crippen molar-refractivity contribution >= 4 is 5.91 Å². The summed E-state index contributed by atoms with van der Waals surface area (Å²) in [5.41, 5.74) is 0.287. The van der Waals surface area contributed by atoms with Crippen molar-refractivity contribution in [3.05, 3.63) is 35.4 Å². The lowest BCUT2D eigenvalue weighted by atomic mass is 10.1. The Hall–Kier alpha value is -1.49. The maximum absolute atomic E-state index is 13.7. The van der Waals surface area contributed by atoms with Crippen LogP contribution in [0, 0.1) is 17.6 Å². The van der Waals surface area contributed by atoms with Gasteiger partial charge in [-0.15, -0.1) is 0 Å². The van der Waals surface area contributed by atoms with Crippen molar-refractivity contribution in [3.63, 3.8) is 0 Å². The quantitative estimate of drug-likeness (QED) is 0.876. The second-order valence-electron chi connectivity index (χ2n) is 4.91. The predicted molar refractivity (Wildman–Crippen MR) is 63.6 cm³/mol. The lowest BCUT2D eigenvalue weighted by molar-refractivity contribution is -0.129. The number of nitrogens with zero attached hydrogens (tertiary/aromatic N) is 1. The second-order valence-corrected chi connectivity index (χ2v) is 4.91. The summed E-state index contributed by atoms with van der Waals surface area (Å²) < 4.78 is 26.6. The highest BCUT2D eigenvalue weighted by molar-refractivity contribution is 5.84. The van der Waals surface area contributed by atoms with Crippen LogP contribution in [-0.4, -0.2) is 23.9 Å². The fourth-order valence-corrected chi connectivity index (χ4v) is 2.20. The van der Waals surface area contributed by atoms with Crippen LogP contribution in [0.5, 0.6) is 0 Å². The molecular weight excluding hydrogens is 238 g/mol. The Balaban J connectivity index is 2.32. The minimum absolute atomic E-state index is 0.0706. The van der Waals surface area contributed by atoms with Crippen molar-refractivity contribution < 1.29 is 13.6 Å². The van der Waals surface area contributed by atoms with Gasteiger partial charge in [0.15, 0.2) is 0 Å². The molecule has 1 heterocycles. The van der Waals surface area contributed by atoms with Crippen LogP contribution < -0.4 is 5.32 Å². The van der Waals surface area contributed by atoms with E-state index in [1.54, 1.807) is 7.05 Å². The Bertz CT molecular complexity index is 476. The molecule has 98 valence electrons. The Morgan fingerprint density at radius 2 is 2.00 bits per heavy atom. The van der Waals surface area contributed by atoms with Gasteiger partial charge in [-0.2, -0.15) is 0 Å². The molecule has 0 aliphatic carbocycles. The van der Waals surface area contributed by atoms with Crippen molar-refractivity contribution in [1.29, 1.82) is 0 Å². The van der Waals surface area contributed by atoms with E-state index in [-0.39, 0.29) is 23.4 Å². The number of nitrogens with one attached hydrogen (secondary N) is 1. The largest absolute Gasteiger partial charge is 0.324 e. The van der Waals surface area contributed by atoms with E-state index in [9.17, 15) is 13.6 Å². The van der Waals surface area contributed by atoms with Crippen molar-refractivity contribution in [2.75, 3.05) is 7.05 Å². The zero-order chi connectivity index (χ0) is 13.4. The highest BCUT2D eigenvalue weighted by Crippen LogP contribution is 2.28. The molecule has 0 spiro atoms. The molecule has 1 aromatic carbocycles. The van der Waals surface area contributed by atoms with Gasteiger partial charge in [-0.1, -0.05) is 13.8 Å². The van der Waals surface area contributed by atoms with E-state index < -0.39 is 17.8 Å². The molecule has 1 saturated heterocycles. The number of halogens is 2. The highest BCUT2D eigenvalue weighted by atomic mass is 19.1. The first-order valence-electron chi connectivity index (χ1n) is 5.89. The van der Waals surface area contributed by atoms with Crippen LogP contribution in [0.1, 0.15) is 25.6 Å². The van der Waals surface area contributed by atoms with Crippen molar-refractivity contribution in [2.45, 2.75) is 26.1 Å². The van der Waals surface area contributed by atoms with E-state index in [0.29, 0.717) is 0 Å². The predicted octanol–water partition coefficient (Wildman–Crippen LogP) is 2.05. The molecule has 0 aromatic heterocycles. The van der Waals surface area contributed by atoms with Gasteiger partial charge in [0.2, 0.25) is 5.91 Å². The molecular formula is C13H16F2N2O. The van der Waals surface area contributed by atoms with Crippen LogP contribution >= 0.6 is 0 Å². The van der Waals surface area contributed by atoms with Gasteiger partial charge in [-0.3, -0.25) is 10.1 Å². The van der Waals surface area contributed by atoms with Crippen molar-refractivity contribution in [3.8, 4) is 0 Å². The Kier molecular flexibility index (Phi) is 3.34. The summed E-state index contributed by atoms with van der Waals surface area (Å²) in [5, 5.41) is 3.08. The SMILES string of the molecule is CC(C)C1NC(c2ccc(F)cc2F)N(C)C1=O. The summed E-state index contributed by atoms with van der Waals surface area (Å²) in [6, 6.07) is 3.07. The van der Waals surface area contributed by atoms with Crippen LogP contribution in [0.2, 0.25) is 0 Å². The number of likely N-dealkylation sites (N-methyl/N-ethyl adjacent to an activating group) is 1. The first kappa shape index (κ1) is 13.0. The molecule has 0 radical (unpaired) electrons. The highest BCUT2D eigenvalue weighted by Gasteiger charge is 2.39. The van der Waals surface area contributed by atoms with E-state index in [2.05, 4.69) is 5.32 Å². The van der Waals surface area contributed by atoms with Crippen LogP contribution in [-0.2, 0) is 4.79 Å². The third kappa shape index (κ3) is 2.10. The molecule has 1 N–H and O–H groups in total. The molecule has 2 unspecified atom stereocenters. The number of carbonyl (C=O) groups is 1. The smallest absolute Gasteiger partial charge is 0.241 e. The Morgan fingerprint density at radius 1 is 1.33 bits per heavy atom. The second kappa shape index (κ2) is 4.65. The third-order valence-electron chi connectivity index (χ3n) is 3.26. The van der Waals surface area contributed by atoms with Gasteiger partial charge < -0.3 is 4.90 Å². The summed E-state index contributed by atoms with van der Waals surface area (Å²) in [7, 11) is 1.62. The minimum Gasteiger partial charge on any atom is -0.324 e. The van der Waals surface area contributed by atoms with Gasteiger partial charge in [0.25, 0.3) is 0 Å². The van der Waals surface area contributed by atoms with Gasteiger partial charge in [0.1, 0.15) is 17.8 Å². The van der Waals surface area contributed by atoms with Gasteiger partial charge >= 0.3 is 0 Å². The molecule has 2 atom stereocenters. The molecule has 0 saturated carbocycles. The molecule has 1 aliphatic heterocycles. The summed E-state index contributed by atoms with van der Waals surface area (Å²) in [6.07, 6.45) is -0.537. The zero-order valence-corrected chi connectivity index (χ0v) is 10.6. The van der Waals surface area contributed by atoms with Gasteiger partial charge in [0.05, 0.1) is 6.04 Å². The number of benzene rings is 1. The van der Waals surface area contributed by atoms with E-state index in [1.165, 1.54) is 17.0 Å². The lowest BCUT2D eigenvalue weighted by Gasteiger charge is -2.20. The van der Waals surface area contributed by atoms with Crippen LogP contribution in [0.25, 0.3) is 0 Å². The Morgan fingerprint density at radius 3 is 2.50 bits per heavy atom. The van der Waals surface area contributed by atoms with Gasteiger partial charge in [-0.25, -0.2) is 8.78 Å². The number of hydrogen-bond acceptors (Lipinski definition) is 2. The van der Waals surface area contributed by atoms with Gasteiger partial charge in [0, 0.05) is 18.7 Å². The number of hydrogen-bond donors (Lipinski definition) is 1. The molecule has 5 heteroatoms. The van der Waals surface area contributed by atoms with Crippen LogP contribution in [0.3, 0.4) is 0 Å². The van der Waals surface area contributed by atoms with Crippen LogP contribution in [0.4, 0.5) is 8.78 Å². The zero-order valence-electron chi connectivity index (χ0n) is 10.6. The molecule has 3 nitrogen and oxygen atoms in total. The van der Waals surface area contributed by atoms with Gasteiger partial charge in [-0.05, 0) is 18.1 Å². The standard InChI is InChI=1S/C13H16F2N2O/c1-7(2)11-13(18)17(3)12(16-11)9-5-4-8(14)6-10(9)15/h4-7,11-12,16H,1-3H3. The maximum atomic E-state index is 13.7. The number of amides is 1. The topological polar surface area (TPSA) is 32.3 Å².